The van der Waals surface area contributed by atoms with Gasteiger partial charge >= 0.3 is 5.97 Å². The van der Waals surface area contributed by atoms with Crippen LogP contribution in [-0.4, -0.2) is 5.97 Å². The molecule has 0 atom stereocenters. The van der Waals surface area contributed by atoms with Crippen molar-refractivity contribution in [2.24, 2.45) is 0 Å². The number of rotatable bonds is 2. The van der Waals surface area contributed by atoms with Crippen molar-refractivity contribution in [2.75, 3.05) is 0 Å². The van der Waals surface area contributed by atoms with Crippen LogP contribution in [0.1, 0.15) is 33.1 Å². The molecular formula is C8H12O2. The summed E-state index contributed by atoms with van der Waals surface area (Å²) in [5, 5.41) is 0. The van der Waals surface area contributed by atoms with Gasteiger partial charge in [0.1, 0.15) is 6.11 Å². The Morgan fingerprint density at radius 3 is 2.70 bits per heavy atom. The number of hydrogen-bond acceptors (Lipinski definition) is 2. The molecule has 2 heteroatoms. The minimum Gasteiger partial charge on any atom is -0.372 e. The second-order valence-corrected chi connectivity index (χ2v) is 1.86. The summed E-state index contributed by atoms with van der Waals surface area (Å²) in [5.74, 6) is 2.41. The molecule has 0 N–H and O–H groups in total. The summed E-state index contributed by atoms with van der Waals surface area (Å²) in [6.45, 7) is 3.83. The maximum atomic E-state index is 10.6. The van der Waals surface area contributed by atoms with Crippen molar-refractivity contribution in [3.63, 3.8) is 0 Å². The highest BCUT2D eigenvalue weighted by Crippen LogP contribution is 1.88. The summed E-state index contributed by atoms with van der Waals surface area (Å²) in [4.78, 5) is 10.6. The van der Waals surface area contributed by atoms with Crippen LogP contribution in [0.5, 0.6) is 0 Å². The molecule has 0 rings (SSSR count). The van der Waals surface area contributed by atoms with E-state index in [-0.39, 0.29) is 5.97 Å². The molecule has 0 spiro atoms. The standard InChI is InChI=1S/C8H12O2/c1-3-5-7-10-8(9)6-4-2/h3-4,6H2,1-2H3. The lowest BCUT2D eigenvalue weighted by atomic mass is 10.3. The lowest BCUT2D eigenvalue weighted by Gasteiger charge is -1.90. The van der Waals surface area contributed by atoms with E-state index in [2.05, 4.69) is 16.8 Å². The fourth-order valence-corrected chi connectivity index (χ4v) is 0.420. The van der Waals surface area contributed by atoms with Gasteiger partial charge in [0.25, 0.3) is 0 Å². The zero-order chi connectivity index (χ0) is 7.82. The van der Waals surface area contributed by atoms with E-state index >= 15 is 0 Å². The van der Waals surface area contributed by atoms with Crippen molar-refractivity contribution in [3.05, 3.63) is 0 Å². The quantitative estimate of drug-likeness (QED) is 0.431. The second-order valence-electron chi connectivity index (χ2n) is 1.86. The monoisotopic (exact) mass is 140 g/mol. The lowest BCUT2D eigenvalue weighted by molar-refractivity contribution is -0.136. The first-order valence-corrected chi connectivity index (χ1v) is 3.48. The number of carbonyl (C=O) groups is 1. The van der Waals surface area contributed by atoms with E-state index in [4.69, 9.17) is 0 Å². The molecule has 0 amide bonds. The van der Waals surface area contributed by atoms with Crippen molar-refractivity contribution in [1.82, 2.24) is 0 Å². The van der Waals surface area contributed by atoms with Crippen molar-refractivity contribution < 1.29 is 9.53 Å². The molecule has 56 valence electrons. The normalized spacial score (nSPS) is 7.80. The van der Waals surface area contributed by atoms with Gasteiger partial charge in [0.2, 0.25) is 0 Å². The van der Waals surface area contributed by atoms with Crippen LogP contribution in [0.2, 0.25) is 0 Å². The molecule has 0 aliphatic rings. The largest absolute Gasteiger partial charge is 0.372 e. The molecule has 0 radical (unpaired) electrons. The molecule has 0 aliphatic heterocycles. The van der Waals surface area contributed by atoms with Gasteiger partial charge in [-0.05, 0) is 6.42 Å². The number of ether oxygens (including phenoxy) is 1. The van der Waals surface area contributed by atoms with Gasteiger partial charge < -0.3 is 4.74 Å². The lowest BCUT2D eigenvalue weighted by Crippen LogP contribution is -1.97. The highest BCUT2D eigenvalue weighted by atomic mass is 16.5. The van der Waals surface area contributed by atoms with Crippen LogP contribution in [-0.2, 0) is 9.53 Å². The van der Waals surface area contributed by atoms with Gasteiger partial charge in [-0.25, -0.2) is 0 Å². The van der Waals surface area contributed by atoms with E-state index in [0.29, 0.717) is 6.42 Å². The minimum absolute atomic E-state index is 0.233. The van der Waals surface area contributed by atoms with Gasteiger partial charge in [-0.1, -0.05) is 19.8 Å². The van der Waals surface area contributed by atoms with E-state index in [1.54, 1.807) is 0 Å². The first-order valence-electron chi connectivity index (χ1n) is 3.48. The number of hydrogen-bond donors (Lipinski definition) is 0. The van der Waals surface area contributed by atoms with Gasteiger partial charge in [-0.2, -0.15) is 0 Å². The molecule has 0 saturated heterocycles. The van der Waals surface area contributed by atoms with E-state index in [1.807, 2.05) is 13.8 Å². The van der Waals surface area contributed by atoms with Gasteiger partial charge in [0.05, 0.1) is 0 Å². The molecule has 0 aromatic heterocycles. The molecule has 2 nitrogen and oxygen atoms in total. The Morgan fingerprint density at radius 2 is 2.20 bits per heavy atom. The molecule has 0 heterocycles. The Hall–Kier alpha value is -0.970. The van der Waals surface area contributed by atoms with Crippen molar-refractivity contribution in [2.45, 2.75) is 33.1 Å². The van der Waals surface area contributed by atoms with Crippen LogP contribution in [0.4, 0.5) is 0 Å². The SMILES string of the molecule is CCC#COC(=O)CCC. The zero-order valence-corrected chi connectivity index (χ0v) is 6.44. The van der Waals surface area contributed by atoms with Crippen molar-refractivity contribution in [3.8, 4) is 12.0 Å². The van der Waals surface area contributed by atoms with E-state index in [1.165, 1.54) is 0 Å². The van der Waals surface area contributed by atoms with E-state index in [9.17, 15) is 4.79 Å². The summed E-state index contributed by atoms with van der Waals surface area (Å²) in [6, 6.07) is 0. The Bertz CT molecular complexity index is 150. The van der Waals surface area contributed by atoms with Gasteiger partial charge in [-0.3, -0.25) is 4.79 Å². The average molecular weight is 140 g/mol. The van der Waals surface area contributed by atoms with Crippen LogP contribution in [0.3, 0.4) is 0 Å². The van der Waals surface area contributed by atoms with Gasteiger partial charge in [0, 0.05) is 12.8 Å². The third-order valence-electron chi connectivity index (χ3n) is 0.868. The predicted molar refractivity (Wildman–Crippen MR) is 39.1 cm³/mol. The predicted octanol–water partition coefficient (Wildman–Crippen LogP) is 1.70. The fraction of sp³-hybridized carbons (Fsp3) is 0.625. The molecule has 10 heavy (non-hydrogen) atoms. The van der Waals surface area contributed by atoms with Gasteiger partial charge in [-0.15, -0.1) is 0 Å². The topological polar surface area (TPSA) is 26.3 Å². The first-order chi connectivity index (χ1) is 4.81. The molecule has 0 aliphatic carbocycles. The van der Waals surface area contributed by atoms with Crippen molar-refractivity contribution >= 4 is 5.97 Å². The van der Waals surface area contributed by atoms with Crippen LogP contribution >= 0.6 is 0 Å². The van der Waals surface area contributed by atoms with Crippen LogP contribution in [0, 0.1) is 12.0 Å². The minimum atomic E-state index is -0.233. The molecule has 0 aromatic rings. The molecule has 0 saturated carbocycles. The van der Waals surface area contributed by atoms with E-state index < -0.39 is 0 Å². The summed E-state index contributed by atoms with van der Waals surface area (Å²) >= 11 is 0. The Labute approximate surface area is 61.6 Å². The summed E-state index contributed by atoms with van der Waals surface area (Å²) in [5.41, 5.74) is 0. The van der Waals surface area contributed by atoms with Crippen LogP contribution < -0.4 is 0 Å². The van der Waals surface area contributed by atoms with Crippen LogP contribution in [0.25, 0.3) is 0 Å². The third kappa shape index (κ3) is 5.17. The summed E-state index contributed by atoms with van der Waals surface area (Å²) < 4.78 is 4.52. The Kier molecular flexibility index (Phi) is 5.56. The zero-order valence-electron chi connectivity index (χ0n) is 6.44. The first kappa shape index (κ1) is 9.03. The average Bonchev–Trinajstić information content (AvgIpc) is 1.89. The van der Waals surface area contributed by atoms with Crippen LogP contribution in [0.15, 0.2) is 0 Å². The van der Waals surface area contributed by atoms with Crippen molar-refractivity contribution in [1.29, 1.82) is 0 Å². The number of esters is 1. The molecule has 0 unspecified atom stereocenters. The molecule has 0 fully saturated rings. The maximum absolute atomic E-state index is 10.6. The number of carbonyl (C=O) groups excluding carboxylic acids is 1. The fourth-order valence-electron chi connectivity index (χ4n) is 0.420. The third-order valence-corrected chi connectivity index (χ3v) is 0.868. The Morgan fingerprint density at radius 1 is 1.50 bits per heavy atom. The van der Waals surface area contributed by atoms with E-state index in [0.717, 1.165) is 12.8 Å². The maximum Gasteiger partial charge on any atom is 0.319 e. The molecular weight excluding hydrogens is 128 g/mol. The molecule has 0 aromatic carbocycles. The second kappa shape index (κ2) is 6.15. The van der Waals surface area contributed by atoms with Gasteiger partial charge in [0.15, 0.2) is 0 Å². The highest BCUT2D eigenvalue weighted by Gasteiger charge is 1.95. The summed E-state index contributed by atoms with van der Waals surface area (Å²) in [7, 11) is 0. The highest BCUT2D eigenvalue weighted by molar-refractivity contribution is 5.70. The smallest absolute Gasteiger partial charge is 0.319 e. The molecule has 0 bridgehead atoms. The summed E-state index contributed by atoms with van der Waals surface area (Å²) in [6.07, 6.45) is 4.31. The Balaban J connectivity index is 3.39.